The first-order chi connectivity index (χ1) is 11.6. The lowest BCUT2D eigenvalue weighted by molar-refractivity contribution is 0.102. The van der Waals surface area contributed by atoms with Gasteiger partial charge in [-0.1, -0.05) is 35.9 Å². The molecule has 0 saturated carbocycles. The van der Waals surface area contributed by atoms with E-state index in [1.807, 2.05) is 31.2 Å². The molecule has 3 rings (SSSR count). The number of halogens is 1. The van der Waals surface area contributed by atoms with Crippen molar-refractivity contribution in [2.45, 2.75) is 6.92 Å². The second-order valence-electron chi connectivity index (χ2n) is 5.16. The van der Waals surface area contributed by atoms with Gasteiger partial charge in [0.15, 0.2) is 11.6 Å². The van der Waals surface area contributed by atoms with Crippen molar-refractivity contribution in [2.75, 3.05) is 10.6 Å². The Morgan fingerprint density at radius 3 is 2.33 bits per heavy atom. The molecule has 1 heterocycles. The Labute approximate surface area is 144 Å². The summed E-state index contributed by atoms with van der Waals surface area (Å²) in [7, 11) is 0. The van der Waals surface area contributed by atoms with Crippen molar-refractivity contribution in [3.05, 3.63) is 76.8 Å². The van der Waals surface area contributed by atoms with Crippen LogP contribution in [0.15, 0.2) is 60.7 Å². The molecule has 6 heteroatoms. The first-order valence-electron chi connectivity index (χ1n) is 7.36. The van der Waals surface area contributed by atoms with E-state index < -0.39 is 0 Å². The van der Waals surface area contributed by atoms with Gasteiger partial charge < -0.3 is 10.6 Å². The molecule has 0 saturated heterocycles. The number of carbonyl (C=O) groups excluding carboxylic acids is 1. The standard InChI is InChI=1S/C18H15ClN4O/c1-12-14(19)8-5-9-15(12)20-16-10-11-17(23-22-16)21-18(24)13-6-3-2-4-7-13/h2-11H,1H3,(H,20,22)(H,21,23,24). The van der Waals surface area contributed by atoms with E-state index in [0.717, 1.165) is 11.3 Å². The Morgan fingerprint density at radius 2 is 1.62 bits per heavy atom. The van der Waals surface area contributed by atoms with Crippen molar-refractivity contribution in [1.82, 2.24) is 10.2 Å². The van der Waals surface area contributed by atoms with Gasteiger partial charge in [-0.2, -0.15) is 0 Å². The van der Waals surface area contributed by atoms with E-state index in [-0.39, 0.29) is 5.91 Å². The largest absolute Gasteiger partial charge is 0.338 e. The minimum Gasteiger partial charge on any atom is -0.338 e. The predicted octanol–water partition coefficient (Wildman–Crippen LogP) is 4.43. The van der Waals surface area contributed by atoms with Crippen molar-refractivity contribution in [2.24, 2.45) is 0 Å². The highest BCUT2D eigenvalue weighted by atomic mass is 35.5. The van der Waals surface area contributed by atoms with Crippen LogP contribution in [0.25, 0.3) is 0 Å². The van der Waals surface area contributed by atoms with Crippen LogP contribution in [0.4, 0.5) is 17.3 Å². The van der Waals surface area contributed by atoms with Crippen LogP contribution in [-0.4, -0.2) is 16.1 Å². The van der Waals surface area contributed by atoms with Gasteiger partial charge in [0.25, 0.3) is 5.91 Å². The summed E-state index contributed by atoms with van der Waals surface area (Å²) in [6.45, 7) is 1.92. The zero-order chi connectivity index (χ0) is 16.9. The molecule has 120 valence electrons. The molecule has 1 aromatic heterocycles. The fraction of sp³-hybridized carbons (Fsp3) is 0.0556. The number of hydrogen-bond donors (Lipinski definition) is 2. The van der Waals surface area contributed by atoms with Crippen LogP contribution in [-0.2, 0) is 0 Å². The molecule has 1 amide bonds. The first kappa shape index (κ1) is 16.0. The number of hydrogen-bond acceptors (Lipinski definition) is 4. The highest BCUT2D eigenvalue weighted by Crippen LogP contribution is 2.25. The van der Waals surface area contributed by atoms with Gasteiger partial charge >= 0.3 is 0 Å². The minimum absolute atomic E-state index is 0.226. The molecular weight excluding hydrogens is 324 g/mol. The molecule has 0 aliphatic heterocycles. The highest BCUT2D eigenvalue weighted by molar-refractivity contribution is 6.31. The first-order valence-corrected chi connectivity index (χ1v) is 7.73. The summed E-state index contributed by atoms with van der Waals surface area (Å²) in [4.78, 5) is 12.1. The van der Waals surface area contributed by atoms with E-state index in [2.05, 4.69) is 20.8 Å². The third kappa shape index (κ3) is 3.70. The fourth-order valence-electron chi connectivity index (χ4n) is 2.12. The molecule has 0 radical (unpaired) electrons. The lowest BCUT2D eigenvalue weighted by atomic mass is 10.2. The maximum atomic E-state index is 12.1. The topological polar surface area (TPSA) is 66.9 Å². The molecule has 0 spiro atoms. The summed E-state index contributed by atoms with van der Waals surface area (Å²) < 4.78 is 0. The highest BCUT2D eigenvalue weighted by Gasteiger charge is 2.07. The SMILES string of the molecule is Cc1c(Cl)cccc1Nc1ccc(NC(=O)c2ccccc2)nn1. The van der Waals surface area contributed by atoms with E-state index in [4.69, 9.17) is 11.6 Å². The summed E-state index contributed by atoms with van der Waals surface area (Å²) in [6, 6.07) is 18.0. The van der Waals surface area contributed by atoms with Crippen molar-refractivity contribution in [3.63, 3.8) is 0 Å². The number of benzene rings is 2. The van der Waals surface area contributed by atoms with Gasteiger partial charge in [-0.15, -0.1) is 10.2 Å². The lowest BCUT2D eigenvalue weighted by Crippen LogP contribution is -2.13. The van der Waals surface area contributed by atoms with E-state index in [9.17, 15) is 4.79 Å². The average molecular weight is 339 g/mol. The number of nitrogens with one attached hydrogen (secondary N) is 2. The van der Waals surface area contributed by atoms with Crippen molar-refractivity contribution in [3.8, 4) is 0 Å². The minimum atomic E-state index is -0.226. The van der Waals surface area contributed by atoms with Gasteiger partial charge in [-0.05, 0) is 48.9 Å². The van der Waals surface area contributed by atoms with E-state index in [0.29, 0.717) is 22.2 Å². The van der Waals surface area contributed by atoms with Crippen LogP contribution >= 0.6 is 11.6 Å². The number of rotatable bonds is 4. The number of amides is 1. The van der Waals surface area contributed by atoms with Crippen molar-refractivity contribution < 1.29 is 4.79 Å². The molecule has 0 atom stereocenters. The van der Waals surface area contributed by atoms with Crippen molar-refractivity contribution in [1.29, 1.82) is 0 Å². The third-order valence-corrected chi connectivity index (χ3v) is 3.88. The van der Waals surface area contributed by atoms with Crippen molar-refractivity contribution >= 4 is 34.8 Å². The normalized spacial score (nSPS) is 10.2. The van der Waals surface area contributed by atoms with Crippen LogP contribution in [0.5, 0.6) is 0 Å². The molecule has 0 aliphatic rings. The second kappa shape index (κ2) is 7.10. The summed E-state index contributed by atoms with van der Waals surface area (Å²) >= 11 is 6.10. The number of aromatic nitrogens is 2. The molecular formula is C18H15ClN4O. The molecule has 0 bridgehead atoms. The van der Waals surface area contributed by atoms with Gasteiger partial charge in [0.1, 0.15) is 0 Å². The van der Waals surface area contributed by atoms with Gasteiger partial charge in [-0.25, -0.2) is 0 Å². The van der Waals surface area contributed by atoms with Gasteiger partial charge in [0, 0.05) is 16.3 Å². The Morgan fingerprint density at radius 1 is 0.917 bits per heavy atom. The molecule has 2 N–H and O–H groups in total. The Balaban J connectivity index is 1.69. The average Bonchev–Trinajstić information content (AvgIpc) is 2.61. The molecule has 0 unspecified atom stereocenters. The predicted molar refractivity (Wildman–Crippen MR) is 95.9 cm³/mol. The molecule has 3 aromatic rings. The monoisotopic (exact) mass is 338 g/mol. The second-order valence-corrected chi connectivity index (χ2v) is 5.57. The van der Waals surface area contributed by atoms with Crippen LogP contribution in [0.1, 0.15) is 15.9 Å². The van der Waals surface area contributed by atoms with E-state index in [1.54, 1.807) is 36.4 Å². The molecule has 0 aliphatic carbocycles. The maximum Gasteiger partial charge on any atom is 0.256 e. The number of nitrogens with zero attached hydrogens (tertiary/aromatic N) is 2. The van der Waals surface area contributed by atoms with Gasteiger partial charge in [0.2, 0.25) is 0 Å². The Kier molecular flexibility index (Phi) is 4.72. The lowest BCUT2D eigenvalue weighted by Gasteiger charge is -2.10. The van der Waals surface area contributed by atoms with Gasteiger partial charge in [-0.3, -0.25) is 4.79 Å². The summed E-state index contributed by atoms with van der Waals surface area (Å²) in [5.74, 6) is 0.728. The smallest absolute Gasteiger partial charge is 0.256 e. The Hall–Kier alpha value is -2.92. The van der Waals surface area contributed by atoms with E-state index in [1.165, 1.54) is 0 Å². The van der Waals surface area contributed by atoms with E-state index >= 15 is 0 Å². The van der Waals surface area contributed by atoms with Crippen LogP contribution in [0.3, 0.4) is 0 Å². The maximum absolute atomic E-state index is 12.1. The number of anilines is 3. The summed E-state index contributed by atoms with van der Waals surface area (Å²) in [5.41, 5.74) is 2.36. The molecule has 2 aromatic carbocycles. The zero-order valence-electron chi connectivity index (χ0n) is 13.0. The summed E-state index contributed by atoms with van der Waals surface area (Å²) in [5, 5.41) is 14.6. The molecule has 5 nitrogen and oxygen atoms in total. The fourth-order valence-corrected chi connectivity index (χ4v) is 2.30. The van der Waals surface area contributed by atoms with Gasteiger partial charge in [0.05, 0.1) is 0 Å². The Bertz CT molecular complexity index is 851. The number of carbonyl (C=O) groups is 1. The molecule has 0 fully saturated rings. The quantitative estimate of drug-likeness (QED) is 0.738. The van der Waals surface area contributed by atoms with Crippen LogP contribution < -0.4 is 10.6 Å². The molecule has 24 heavy (non-hydrogen) atoms. The third-order valence-electron chi connectivity index (χ3n) is 3.47. The van der Waals surface area contributed by atoms with Crippen LogP contribution in [0.2, 0.25) is 5.02 Å². The van der Waals surface area contributed by atoms with Crippen LogP contribution in [0, 0.1) is 6.92 Å². The zero-order valence-corrected chi connectivity index (χ0v) is 13.7. The summed E-state index contributed by atoms with van der Waals surface area (Å²) in [6.07, 6.45) is 0.